The molecule has 0 atom stereocenters. The van der Waals surface area contributed by atoms with Gasteiger partial charge in [-0.25, -0.2) is 13.9 Å². The summed E-state index contributed by atoms with van der Waals surface area (Å²) in [4.78, 5) is 27.8. The number of methoxy groups -OCH3 is 1. The molecule has 0 aliphatic carbocycles. The van der Waals surface area contributed by atoms with Crippen molar-refractivity contribution in [3.8, 4) is 22.6 Å². The third-order valence-corrected chi connectivity index (χ3v) is 6.36. The molecule has 1 heterocycles. The summed E-state index contributed by atoms with van der Waals surface area (Å²) < 4.78 is 20.5. The molecule has 0 bridgehead atoms. The van der Waals surface area contributed by atoms with Crippen LogP contribution in [0.25, 0.3) is 16.8 Å². The van der Waals surface area contributed by atoms with E-state index in [1.807, 2.05) is 61.5 Å². The van der Waals surface area contributed by atoms with E-state index in [4.69, 9.17) is 21.4 Å². The molecule has 3 aromatic carbocycles. The predicted molar refractivity (Wildman–Crippen MR) is 151 cm³/mol. The summed E-state index contributed by atoms with van der Waals surface area (Å²) in [5.74, 6) is 0.163. The molecule has 10 heteroatoms. The van der Waals surface area contributed by atoms with Crippen LogP contribution in [-0.2, 0) is 4.79 Å². The normalized spacial score (nSPS) is 10.8. The van der Waals surface area contributed by atoms with Crippen molar-refractivity contribution in [1.29, 1.82) is 0 Å². The van der Waals surface area contributed by atoms with E-state index in [-0.39, 0.29) is 17.6 Å². The van der Waals surface area contributed by atoms with Gasteiger partial charge in [0.2, 0.25) is 5.91 Å². The van der Waals surface area contributed by atoms with Gasteiger partial charge >= 0.3 is 6.03 Å². The number of aryl methyl sites for hydroxylation is 1. The van der Waals surface area contributed by atoms with Crippen molar-refractivity contribution >= 4 is 35.0 Å². The minimum atomic E-state index is -0.590. The second kappa shape index (κ2) is 12.0. The molecule has 8 nitrogen and oxygen atoms in total. The Morgan fingerprint density at radius 1 is 1.05 bits per heavy atom. The van der Waals surface area contributed by atoms with Crippen LogP contribution in [0.5, 0.6) is 5.75 Å². The van der Waals surface area contributed by atoms with Crippen molar-refractivity contribution in [3.63, 3.8) is 0 Å². The van der Waals surface area contributed by atoms with Crippen molar-refractivity contribution in [3.05, 3.63) is 89.3 Å². The Labute approximate surface area is 231 Å². The first-order chi connectivity index (χ1) is 18.7. The van der Waals surface area contributed by atoms with E-state index >= 15 is 0 Å². The molecule has 1 aromatic heterocycles. The molecule has 2 N–H and O–H groups in total. The summed E-state index contributed by atoms with van der Waals surface area (Å²) in [6, 6.07) is 20.0. The number of anilines is 2. The Kier molecular flexibility index (Phi) is 8.51. The van der Waals surface area contributed by atoms with E-state index in [0.717, 1.165) is 28.6 Å². The van der Waals surface area contributed by atoms with E-state index in [0.29, 0.717) is 17.3 Å². The van der Waals surface area contributed by atoms with Gasteiger partial charge in [-0.3, -0.25) is 4.79 Å². The number of ether oxygens (including phenoxy) is 1. The molecule has 0 fully saturated rings. The van der Waals surface area contributed by atoms with Gasteiger partial charge in [0, 0.05) is 17.3 Å². The van der Waals surface area contributed by atoms with Crippen LogP contribution in [0.1, 0.15) is 19.5 Å². The lowest BCUT2D eigenvalue weighted by Crippen LogP contribution is -2.44. The zero-order chi connectivity index (χ0) is 28.1. The number of rotatable bonds is 8. The number of carbonyl (C=O) groups is 2. The molecular weight excluding hydrogens is 521 g/mol. The molecule has 0 aliphatic rings. The highest BCUT2D eigenvalue weighted by Gasteiger charge is 2.24. The molecule has 0 saturated heterocycles. The molecule has 3 amide bonds. The number of halogens is 2. The molecule has 0 saturated carbocycles. The molecule has 202 valence electrons. The van der Waals surface area contributed by atoms with Crippen LogP contribution < -0.4 is 15.4 Å². The summed E-state index contributed by atoms with van der Waals surface area (Å²) in [6.45, 7) is 5.23. The van der Waals surface area contributed by atoms with Gasteiger partial charge in [-0.15, -0.1) is 0 Å². The Morgan fingerprint density at radius 2 is 1.74 bits per heavy atom. The fraction of sp³-hybridized carbons (Fsp3) is 0.207. The van der Waals surface area contributed by atoms with Gasteiger partial charge in [-0.1, -0.05) is 41.9 Å². The van der Waals surface area contributed by atoms with Crippen molar-refractivity contribution in [2.24, 2.45) is 0 Å². The highest BCUT2D eigenvalue weighted by atomic mass is 35.5. The van der Waals surface area contributed by atoms with Crippen LogP contribution >= 0.6 is 11.6 Å². The predicted octanol–water partition coefficient (Wildman–Crippen LogP) is 6.53. The van der Waals surface area contributed by atoms with Gasteiger partial charge in [0.15, 0.2) is 0 Å². The average Bonchev–Trinajstić information content (AvgIpc) is 3.24. The van der Waals surface area contributed by atoms with Gasteiger partial charge < -0.3 is 20.3 Å². The number of hydrogen-bond acceptors (Lipinski definition) is 4. The summed E-state index contributed by atoms with van der Waals surface area (Å²) in [5, 5.41) is 10.3. The quantitative estimate of drug-likeness (QED) is 0.261. The topological polar surface area (TPSA) is 88.5 Å². The maximum absolute atomic E-state index is 13.5. The lowest BCUT2D eigenvalue weighted by Gasteiger charge is -2.26. The number of nitrogens with one attached hydrogen (secondary N) is 2. The van der Waals surface area contributed by atoms with Gasteiger partial charge in [0.1, 0.15) is 23.9 Å². The van der Waals surface area contributed by atoms with Crippen LogP contribution in [0, 0.1) is 12.7 Å². The second-order valence-corrected chi connectivity index (χ2v) is 9.52. The Morgan fingerprint density at radius 3 is 2.36 bits per heavy atom. The number of nitrogens with zero attached hydrogens (tertiary/aromatic N) is 3. The van der Waals surface area contributed by atoms with Crippen LogP contribution in [-0.4, -0.2) is 46.3 Å². The van der Waals surface area contributed by atoms with Crippen LogP contribution in [0.3, 0.4) is 0 Å². The van der Waals surface area contributed by atoms with Crippen molar-refractivity contribution in [2.75, 3.05) is 24.3 Å². The van der Waals surface area contributed by atoms with E-state index in [1.165, 1.54) is 17.0 Å². The lowest BCUT2D eigenvalue weighted by molar-refractivity contribution is -0.117. The first-order valence-corrected chi connectivity index (χ1v) is 12.7. The minimum absolute atomic E-state index is 0.114. The molecule has 0 unspecified atom stereocenters. The van der Waals surface area contributed by atoms with Gasteiger partial charge in [0.25, 0.3) is 0 Å². The summed E-state index contributed by atoms with van der Waals surface area (Å²) in [6.07, 6.45) is 0. The largest absolute Gasteiger partial charge is 0.497 e. The van der Waals surface area contributed by atoms with E-state index < -0.39 is 17.8 Å². The summed E-state index contributed by atoms with van der Waals surface area (Å²) in [7, 11) is 1.59. The number of amides is 3. The van der Waals surface area contributed by atoms with Gasteiger partial charge in [-0.2, -0.15) is 5.10 Å². The number of urea groups is 1. The molecular formula is C29H29ClFN5O3. The summed E-state index contributed by atoms with van der Waals surface area (Å²) in [5.41, 5.74) is 3.41. The average molecular weight is 550 g/mol. The van der Waals surface area contributed by atoms with Crippen molar-refractivity contribution < 1.29 is 18.7 Å². The van der Waals surface area contributed by atoms with Crippen molar-refractivity contribution in [1.82, 2.24) is 14.7 Å². The standard InChI is InChI=1S/C29H29ClFN5O3/c1-18(2)35(29(38)32-21-10-15-25(31)24(30)16-21)17-26(37)33-28-27(20-8-6-5-7-9-20)19(3)34-36(28)22-11-13-23(39-4)14-12-22/h5-16,18H,17H2,1-4H3,(H,32,38)(H,33,37). The van der Waals surface area contributed by atoms with Crippen LogP contribution in [0.4, 0.5) is 20.7 Å². The third kappa shape index (κ3) is 6.38. The Balaban J connectivity index is 1.63. The van der Waals surface area contributed by atoms with Crippen molar-refractivity contribution in [2.45, 2.75) is 26.8 Å². The number of hydrogen-bond donors (Lipinski definition) is 2. The fourth-order valence-electron chi connectivity index (χ4n) is 4.09. The molecule has 4 rings (SSSR count). The first-order valence-electron chi connectivity index (χ1n) is 12.3. The number of aromatic nitrogens is 2. The second-order valence-electron chi connectivity index (χ2n) is 9.11. The highest BCUT2D eigenvalue weighted by molar-refractivity contribution is 6.31. The smallest absolute Gasteiger partial charge is 0.322 e. The van der Waals surface area contributed by atoms with E-state index in [1.54, 1.807) is 25.6 Å². The molecule has 0 aliphatic heterocycles. The van der Waals surface area contributed by atoms with Crippen LogP contribution in [0.15, 0.2) is 72.8 Å². The number of carbonyl (C=O) groups excluding carboxylic acids is 2. The van der Waals surface area contributed by atoms with Gasteiger partial charge in [0.05, 0.1) is 23.5 Å². The zero-order valence-corrected chi connectivity index (χ0v) is 22.8. The molecule has 4 aromatic rings. The number of benzene rings is 3. The molecule has 0 radical (unpaired) electrons. The highest BCUT2D eigenvalue weighted by Crippen LogP contribution is 2.34. The lowest BCUT2D eigenvalue weighted by atomic mass is 10.1. The molecule has 0 spiro atoms. The first kappa shape index (κ1) is 27.7. The monoisotopic (exact) mass is 549 g/mol. The van der Waals surface area contributed by atoms with Crippen LogP contribution in [0.2, 0.25) is 5.02 Å². The Hall–Kier alpha value is -4.37. The zero-order valence-electron chi connectivity index (χ0n) is 22.0. The third-order valence-electron chi connectivity index (χ3n) is 6.07. The Bertz CT molecular complexity index is 1470. The van der Waals surface area contributed by atoms with E-state index in [2.05, 4.69) is 10.6 Å². The minimum Gasteiger partial charge on any atom is -0.497 e. The maximum Gasteiger partial charge on any atom is 0.322 e. The SMILES string of the molecule is COc1ccc(-n2nc(C)c(-c3ccccc3)c2NC(=O)CN(C(=O)Nc2ccc(F)c(Cl)c2)C(C)C)cc1. The maximum atomic E-state index is 13.5. The van der Waals surface area contributed by atoms with E-state index in [9.17, 15) is 14.0 Å². The van der Waals surface area contributed by atoms with Gasteiger partial charge in [-0.05, 0) is 68.8 Å². The summed E-state index contributed by atoms with van der Waals surface area (Å²) >= 11 is 5.84. The fourth-order valence-corrected chi connectivity index (χ4v) is 4.27. The molecule has 39 heavy (non-hydrogen) atoms.